The van der Waals surface area contributed by atoms with Gasteiger partial charge in [-0.1, -0.05) is 91.0 Å². The normalized spacial score (nSPS) is 10.6. The molecule has 0 aliphatic rings. The second-order valence-electron chi connectivity index (χ2n) is 8.68. The Morgan fingerprint density at radius 3 is 0.711 bits per heavy atom. The van der Waals surface area contributed by atoms with Gasteiger partial charge in [-0.25, -0.2) is 0 Å². The Morgan fingerprint density at radius 1 is 0.263 bits per heavy atom. The zero-order valence-corrected chi connectivity index (χ0v) is 25.6. The van der Waals surface area contributed by atoms with Gasteiger partial charge in [0.15, 0.2) is 0 Å². The van der Waals surface area contributed by atoms with E-state index in [1.165, 1.54) is 25.7 Å². The first-order valence-electron chi connectivity index (χ1n) is 12.8. The molecule has 0 N–H and O–H groups in total. The first-order valence-corrected chi connectivity index (χ1v) is 19.4. The minimum atomic E-state index is -2.06. The molecule has 0 bridgehead atoms. The fraction of sp³-hybridized carbons (Fsp3) is 0. The predicted molar refractivity (Wildman–Crippen MR) is 169 cm³/mol. The van der Waals surface area contributed by atoms with Crippen molar-refractivity contribution in [2.75, 3.05) is 0 Å². The Labute approximate surface area is 236 Å². The van der Waals surface area contributed by atoms with E-state index in [2.05, 4.69) is 182 Å². The van der Waals surface area contributed by atoms with E-state index >= 15 is 0 Å². The Balaban J connectivity index is 0.000000155. The van der Waals surface area contributed by atoms with Gasteiger partial charge in [0.25, 0.3) is 0 Å². The second-order valence-corrected chi connectivity index (χ2v) is 19.5. The third-order valence-corrected chi connectivity index (χ3v) is 18.0. The van der Waals surface area contributed by atoms with Crippen LogP contribution in [0.15, 0.2) is 182 Å². The standard InChI is InChI=1S/C18H15P.3C6H5.Bi/c1-4-10-16(11-5-1)19(17-12-6-2-7-13-17)18-14-8-3-9-15-18;3*1-2-4-6-5-3-1;/h1-15H;3*1-5H;. The van der Waals surface area contributed by atoms with Crippen LogP contribution in [-0.4, -0.2) is 21.8 Å². The molecular formula is C36H30BiP. The molecule has 0 saturated heterocycles. The second kappa shape index (κ2) is 14.0. The molecule has 0 heterocycles. The van der Waals surface area contributed by atoms with Crippen molar-refractivity contribution in [2.24, 2.45) is 0 Å². The van der Waals surface area contributed by atoms with Gasteiger partial charge < -0.3 is 0 Å². The average molecular weight is 703 g/mol. The fourth-order valence-electron chi connectivity index (χ4n) is 4.36. The molecule has 38 heavy (non-hydrogen) atoms. The van der Waals surface area contributed by atoms with Crippen LogP contribution >= 0.6 is 7.92 Å². The van der Waals surface area contributed by atoms with Crippen molar-refractivity contribution in [1.29, 1.82) is 0 Å². The summed E-state index contributed by atoms with van der Waals surface area (Å²) in [6, 6.07) is 65.3. The molecule has 0 nitrogen and oxygen atoms in total. The van der Waals surface area contributed by atoms with E-state index in [0.717, 1.165) is 0 Å². The summed E-state index contributed by atoms with van der Waals surface area (Å²) in [5.41, 5.74) is 0. The molecule has 0 aromatic heterocycles. The summed E-state index contributed by atoms with van der Waals surface area (Å²) < 4.78 is 4.61. The predicted octanol–water partition coefficient (Wildman–Crippen LogP) is 5.65. The molecule has 0 fully saturated rings. The van der Waals surface area contributed by atoms with Crippen LogP contribution in [-0.2, 0) is 0 Å². The minimum Gasteiger partial charge on any atom is -0.0622 e. The minimum absolute atomic E-state index is 0.446. The van der Waals surface area contributed by atoms with Gasteiger partial charge in [-0.2, -0.15) is 0 Å². The molecule has 0 amide bonds. The molecule has 0 aliphatic heterocycles. The van der Waals surface area contributed by atoms with Crippen LogP contribution in [0.4, 0.5) is 0 Å². The quantitative estimate of drug-likeness (QED) is 0.156. The average Bonchev–Trinajstić information content (AvgIpc) is 3.01. The zero-order valence-electron chi connectivity index (χ0n) is 21.2. The largest absolute Gasteiger partial charge is 0.0622 e. The first kappa shape index (κ1) is 26.2. The van der Waals surface area contributed by atoms with E-state index in [0.29, 0.717) is 0 Å². The summed E-state index contributed by atoms with van der Waals surface area (Å²) in [7, 11) is -0.446. The van der Waals surface area contributed by atoms with Gasteiger partial charge >= 0.3 is 123 Å². The molecule has 2 heteroatoms. The summed E-state index contributed by atoms with van der Waals surface area (Å²) in [5.74, 6) is 0. The number of rotatable bonds is 6. The topological polar surface area (TPSA) is 0 Å². The number of hydrogen-bond donors (Lipinski definition) is 0. The zero-order chi connectivity index (χ0) is 25.8. The maximum atomic E-state index is 2.29. The summed E-state index contributed by atoms with van der Waals surface area (Å²) in [6.07, 6.45) is 0. The molecule has 0 aliphatic carbocycles. The third-order valence-electron chi connectivity index (χ3n) is 6.09. The van der Waals surface area contributed by atoms with Gasteiger partial charge in [0.1, 0.15) is 0 Å². The van der Waals surface area contributed by atoms with Crippen LogP contribution in [0.2, 0.25) is 0 Å². The van der Waals surface area contributed by atoms with Gasteiger partial charge in [0.05, 0.1) is 0 Å². The Kier molecular flexibility index (Phi) is 9.65. The van der Waals surface area contributed by atoms with Crippen molar-refractivity contribution in [3.8, 4) is 0 Å². The molecule has 6 aromatic rings. The van der Waals surface area contributed by atoms with E-state index in [-0.39, 0.29) is 0 Å². The van der Waals surface area contributed by atoms with Crippen molar-refractivity contribution in [1.82, 2.24) is 0 Å². The van der Waals surface area contributed by atoms with Crippen LogP contribution in [0, 0.1) is 0 Å². The van der Waals surface area contributed by atoms with E-state index in [9.17, 15) is 0 Å². The first-order chi connectivity index (χ1) is 18.9. The van der Waals surface area contributed by atoms with Crippen LogP contribution in [0.1, 0.15) is 0 Å². The Bertz CT molecular complexity index is 1170. The molecule has 0 unspecified atom stereocenters. The van der Waals surface area contributed by atoms with Crippen LogP contribution in [0.5, 0.6) is 0 Å². The molecule has 6 aromatic carbocycles. The van der Waals surface area contributed by atoms with Crippen LogP contribution in [0.3, 0.4) is 0 Å². The van der Waals surface area contributed by atoms with Crippen molar-refractivity contribution in [2.45, 2.75) is 0 Å². The Hall–Kier alpha value is -3.37. The van der Waals surface area contributed by atoms with E-state index in [1.54, 1.807) is 0 Å². The summed E-state index contributed by atoms with van der Waals surface area (Å²) in [5, 5.41) is 4.19. The van der Waals surface area contributed by atoms with Crippen molar-refractivity contribution >= 4 is 55.4 Å². The fourth-order valence-corrected chi connectivity index (χ4v) is 15.6. The number of hydrogen-bond acceptors (Lipinski definition) is 0. The number of benzene rings is 6. The molecule has 184 valence electrons. The molecule has 0 saturated carbocycles. The molecule has 0 atom stereocenters. The SMILES string of the molecule is c1cc[c]([Bi]([c]2ccccc2)[c]2ccccc2)cc1.c1ccc(P(c2ccccc2)c2ccccc2)cc1. The monoisotopic (exact) mass is 702 g/mol. The maximum absolute atomic E-state index is 2.29. The van der Waals surface area contributed by atoms with Gasteiger partial charge in [-0.05, 0) is 23.8 Å². The molecular weight excluding hydrogens is 672 g/mol. The van der Waals surface area contributed by atoms with E-state index in [4.69, 9.17) is 0 Å². The van der Waals surface area contributed by atoms with Crippen LogP contribution < -0.4 is 25.7 Å². The summed E-state index contributed by atoms with van der Waals surface area (Å²) in [6.45, 7) is 0. The maximum Gasteiger partial charge on any atom is -0.0134 e. The van der Waals surface area contributed by atoms with Gasteiger partial charge in [0, 0.05) is 0 Å². The molecule has 6 rings (SSSR count). The summed E-state index contributed by atoms with van der Waals surface area (Å²) in [4.78, 5) is 0. The van der Waals surface area contributed by atoms with Crippen LogP contribution in [0.25, 0.3) is 0 Å². The smallest absolute Gasteiger partial charge is 0.0134 e. The summed E-state index contributed by atoms with van der Waals surface area (Å²) >= 11 is -2.06. The van der Waals surface area contributed by atoms with Crippen molar-refractivity contribution < 1.29 is 0 Å². The van der Waals surface area contributed by atoms with Gasteiger partial charge in [0.2, 0.25) is 0 Å². The molecule has 0 radical (unpaired) electrons. The van der Waals surface area contributed by atoms with Gasteiger partial charge in [-0.15, -0.1) is 0 Å². The van der Waals surface area contributed by atoms with Crippen molar-refractivity contribution in [3.05, 3.63) is 182 Å². The van der Waals surface area contributed by atoms with E-state index in [1.807, 2.05) is 0 Å². The Morgan fingerprint density at radius 2 is 0.474 bits per heavy atom. The van der Waals surface area contributed by atoms with Gasteiger partial charge in [-0.3, -0.25) is 0 Å². The van der Waals surface area contributed by atoms with Crippen molar-refractivity contribution in [3.63, 3.8) is 0 Å². The third kappa shape index (κ3) is 6.93. The van der Waals surface area contributed by atoms with E-state index < -0.39 is 29.7 Å². The molecule has 0 spiro atoms.